The Morgan fingerprint density at radius 1 is 1.38 bits per heavy atom. The molecule has 0 spiro atoms. The van der Waals surface area contributed by atoms with Crippen LogP contribution < -0.4 is 10.1 Å². The quantitative estimate of drug-likeness (QED) is 0.828. The second kappa shape index (κ2) is 4.06. The average molecular weight is 224 g/mol. The van der Waals surface area contributed by atoms with Gasteiger partial charge in [0.25, 0.3) is 5.92 Å². The number of benzene rings is 1. The van der Waals surface area contributed by atoms with Crippen LogP contribution in [0.1, 0.15) is 5.56 Å². The van der Waals surface area contributed by atoms with Crippen molar-refractivity contribution >= 4 is 0 Å². The van der Waals surface area contributed by atoms with E-state index in [4.69, 9.17) is 10.00 Å². The van der Waals surface area contributed by atoms with Crippen molar-refractivity contribution in [3.63, 3.8) is 0 Å². The predicted octanol–water partition coefficient (Wildman–Crippen LogP) is 1.54. The van der Waals surface area contributed by atoms with Gasteiger partial charge in [0, 0.05) is 6.54 Å². The molecule has 1 unspecified atom stereocenters. The van der Waals surface area contributed by atoms with E-state index in [1.54, 1.807) is 0 Å². The maximum Gasteiger partial charge on any atom is 0.297 e. The molecule has 16 heavy (non-hydrogen) atoms. The minimum atomic E-state index is -2.84. The predicted molar refractivity (Wildman–Crippen MR) is 53.4 cm³/mol. The number of hydrogen-bond acceptors (Lipinski definition) is 3. The second-order valence-electron chi connectivity index (χ2n) is 3.63. The zero-order valence-corrected chi connectivity index (χ0v) is 8.41. The Labute approximate surface area is 91.6 Å². The van der Waals surface area contributed by atoms with Crippen molar-refractivity contribution in [1.82, 2.24) is 5.32 Å². The van der Waals surface area contributed by atoms with Crippen LogP contribution in [0.2, 0.25) is 0 Å². The first-order valence-corrected chi connectivity index (χ1v) is 4.87. The monoisotopic (exact) mass is 224 g/mol. The van der Waals surface area contributed by atoms with Gasteiger partial charge in [0.2, 0.25) is 0 Å². The molecule has 3 nitrogen and oxygen atoms in total. The van der Waals surface area contributed by atoms with Crippen molar-refractivity contribution in [2.75, 3.05) is 13.1 Å². The Morgan fingerprint density at radius 3 is 2.56 bits per heavy atom. The highest BCUT2D eigenvalue weighted by molar-refractivity contribution is 5.34. The van der Waals surface area contributed by atoms with E-state index in [1.165, 1.54) is 24.3 Å². The molecule has 1 fully saturated rings. The molecule has 5 heteroatoms. The van der Waals surface area contributed by atoms with Crippen LogP contribution in [-0.2, 0) is 0 Å². The van der Waals surface area contributed by atoms with Gasteiger partial charge in [-0.3, -0.25) is 0 Å². The van der Waals surface area contributed by atoms with E-state index in [0.717, 1.165) is 0 Å². The Hall–Kier alpha value is -1.67. The van der Waals surface area contributed by atoms with Gasteiger partial charge >= 0.3 is 0 Å². The molecule has 1 heterocycles. The van der Waals surface area contributed by atoms with Crippen molar-refractivity contribution in [2.45, 2.75) is 12.0 Å². The van der Waals surface area contributed by atoms with Crippen LogP contribution >= 0.6 is 0 Å². The van der Waals surface area contributed by atoms with Crippen LogP contribution in [-0.4, -0.2) is 25.1 Å². The molecular formula is C11H10F2N2O. The minimum absolute atomic E-state index is 0.132. The summed E-state index contributed by atoms with van der Waals surface area (Å²) in [6.45, 7) is -0.221. The summed E-state index contributed by atoms with van der Waals surface area (Å²) in [5.41, 5.74) is 0.476. The minimum Gasteiger partial charge on any atom is -0.483 e. The van der Waals surface area contributed by atoms with Crippen LogP contribution in [0.3, 0.4) is 0 Å². The van der Waals surface area contributed by atoms with Crippen molar-refractivity contribution in [3.05, 3.63) is 29.8 Å². The molecule has 1 N–H and O–H groups in total. The first-order chi connectivity index (χ1) is 7.62. The molecule has 1 saturated heterocycles. The van der Waals surface area contributed by atoms with Crippen LogP contribution in [0.15, 0.2) is 24.3 Å². The van der Waals surface area contributed by atoms with Gasteiger partial charge in [0.15, 0.2) is 6.10 Å². The summed E-state index contributed by atoms with van der Waals surface area (Å²) < 4.78 is 31.6. The SMILES string of the molecule is N#Cc1ccc(OC2CNCC2(F)F)cc1. The van der Waals surface area contributed by atoms with E-state index in [9.17, 15) is 8.78 Å². The number of nitriles is 1. The lowest BCUT2D eigenvalue weighted by Gasteiger charge is -2.19. The zero-order chi connectivity index (χ0) is 11.6. The molecule has 0 aliphatic carbocycles. The Kier molecular flexibility index (Phi) is 2.75. The first-order valence-electron chi connectivity index (χ1n) is 4.87. The third-order valence-corrected chi connectivity index (χ3v) is 2.42. The van der Waals surface area contributed by atoms with Gasteiger partial charge in [-0.25, -0.2) is 8.78 Å². The van der Waals surface area contributed by atoms with Gasteiger partial charge < -0.3 is 10.1 Å². The molecule has 0 saturated carbocycles. The summed E-state index contributed by atoms with van der Waals surface area (Å²) >= 11 is 0. The third kappa shape index (κ3) is 2.12. The molecular weight excluding hydrogens is 214 g/mol. The summed E-state index contributed by atoms with van der Waals surface area (Å²) in [4.78, 5) is 0. The Bertz CT molecular complexity index is 411. The first kappa shape index (κ1) is 10.8. The number of nitrogens with zero attached hydrogens (tertiary/aromatic N) is 1. The molecule has 0 radical (unpaired) electrons. The smallest absolute Gasteiger partial charge is 0.297 e. The number of rotatable bonds is 2. The summed E-state index contributed by atoms with van der Waals surface area (Å²) in [5, 5.41) is 11.2. The summed E-state index contributed by atoms with van der Waals surface area (Å²) in [6, 6.07) is 8.06. The lowest BCUT2D eigenvalue weighted by atomic mass is 10.2. The molecule has 84 valence electrons. The van der Waals surface area contributed by atoms with E-state index in [-0.39, 0.29) is 13.1 Å². The van der Waals surface area contributed by atoms with Crippen LogP contribution in [0.4, 0.5) is 8.78 Å². The summed E-state index contributed by atoms with van der Waals surface area (Å²) in [7, 11) is 0. The van der Waals surface area contributed by atoms with E-state index >= 15 is 0 Å². The fraction of sp³-hybridized carbons (Fsp3) is 0.364. The normalized spacial score (nSPS) is 22.7. The molecule has 2 rings (SSSR count). The van der Waals surface area contributed by atoms with Gasteiger partial charge in [-0.2, -0.15) is 5.26 Å². The lowest BCUT2D eigenvalue weighted by Crippen LogP contribution is -2.36. The van der Waals surface area contributed by atoms with Crippen LogP contribution in [0, 0.1) is 11.3 Å². The standard InChI is InChI=1S/C11H10F2N2O/c12-11(13)7-15-6-10(11)16-9-3-1-8(5-14)2-4-9/h1-4,10,15H,6-7H2. The Balaban J connectivity index is 2.07. The molecule has 1 aromatic rings. The van der Waals surface area contributed by atoms with Crippen molar-refractivity contribution < 1.29 is 13.5 Å². The van der Waals surface area contributed by atoms with Gasteiger partial charge in [-0.05, 0) is 24.3 Å². The fourth-order valence-electron chi connectivity index (χ4n) is 1.53. The van der Waals surface area contributed by atoms with Gasteiger partial charge in [0.05, 0.1) is 18.2 Å². The van der Waals surface area contributed by atoms with E-state index in [0.29, 0.717) is 11.3 Å². The van der Waals surface area contributed by atoms with Gasteiger partial charge in [-0.1, -0.05) is 0 Å². The average Bonchev–Trinajstić information content (AvgIpc) is 2.59. The largest absolute Gasteiger partial charge is 0.483 e. The highest BCUT2D eigenvalue weighted by Gasteiger charge is 2.45. The van der Waals surface area contributed by atoms with Gasteiger partial charge in [-0.15, -0.1) is 0 Å². The number of hydrogen-bond donors (Lipinski definition) is 1. The molecule has 0 aromatic heterocycles. The number of halogens is 2. The van der Waals surface area contributed by atoms with Crippen molar-refractivity contribution in [1.29, 1.82) is 5.26 Å². The number of ether oxygens (including phenoxy) is 1. The van der Waals surface area contributed by atoms with Crippen LogP contribution in [0.25, 0.3) is 0 Å². The fourth-order valence-corrected chi connectivity index (χ4v) is 1.53. The number of nitrogens with one attached hydrogen (secondary N) is 1. The van der Waals surface area contributed by atoms with Gasteiger partial charge in [0.1, 0.15) is 5.75 Å². The van der Waals surface area contributed by atoms with Crippen molar-refractivity contribution in [3.8, 4) is 11.8 Å². The lowest BCUT2D eigenvalue weighted by molar-refractivity contribution is -0.0598. The van der Waals surface area contributed by atoms with E-state index in [2.05, 4.69) is 5.32 Å². The van der Waals surface area contributed by atoms with Crippen LogP contribution in [0.5, 0.6) is 5.75 Å². The molecule has 1 aliphatic heterocycles. The van der Waals surface area contributed by atoms with E-state index < -0.39 is 12.0 Å². The molecule has 1 aromatic carbocycles. The topological polar surface area (TPSA) is 45.0 Å². The third-order valence-electron chi connectivity index (χ3n) is 2.42. The van der Waals surface area contributed by atoms with E-state index in [1.807, 2.05) is 6.07 Å². The molecule has 1 aliphatic rings. The number of alkyl halides is 2. The highest BCUT2D eigenvalue weighted by Crippen LogP contribution is 2.26. The maximum atomic E-state index is 13.2. The summed E-state index contributed by atoms with van der Waals surface area (Å²) in [5.74, 6) is -2.49. The molecule has 0 amide bonds. The molecule has 0 bridgehead atoms. The zero-order valence-electron chi connectivity index (χ0n) is 8.41. The summed E-state index contributed by atoms with van der Waals surface area (Å²) in [6.07, 6.45) is -1.14. The van der Waals surface area contributed by atoms with Crippen molar-refractivity contribution in [2.24, 2.45) is 0 Å². The highest BCUT2D eigenvalue weighted by atomic mass is 19.3. The second-order valence-corrected chi connectivity index (χ2v) is 3.63. The molecule has 1 atom stereocenters. The Morgan fingerprint density at radius 2 is 2.06 bits per heavy atom. The maximum absolute atomic E-state index is 13.2.